The fourth-order valence-corrected chi connectivity index (χ4v) is 3.15. The molecule has 0 spiro atoms. The second kappa shape index (κ2) is 7.60. The van der Waals surface area contributed by atoms with Crippen molar-refractivity contribution in [3.05, 3.63) is 72.3 Å². The number of rotatable bonds is 6. The smallest absolute Gasteiger partial charge is 0.268 e. The molecule has 6 heteroatoms. The van der Waals surface area contributed by atoms with Gasteiger partial charge in [-0.25, -0.2) is 4.98 Å². The zero-order valence-corrected chi connectivity index (χ0v) is 15.8. The van der Waals surface area contributed by atoms with Crippen LogP contribution in [-0.4, -0.2) is 27.5 Å². The Labute approximate surface area is 163 Å². The number of carbonyl (C=O) groups excluding carboxylic acids is 1. The molecule has 4 aromatic rings. The van der Waals surface area contributed by atoms with Gasteiger partial charge >= 0.3 is 0 Å². The summed E-state index contributed by atoms with van der Waals surface area (Å²) in [5.41, 5.74) is 3.35. The monoisotopic (exact) mass is 374 g/mol. The van der Waals surface area contributed by atoms with Gasteiger partial charge in [-0.1, -0.05) is 30.3 Å². The van der Waals surface area contributed by atoms with Crippen molar-refractivity contribution in [1.29, 1.82) is 0 Å². The molecule has 0 saturated heterocycles. The van der Waals surface area contributed by atoms with E-state index in [0.29, 0.717) is 18.1 Å². The van der Waals surface area contributed by atoms with Gasteiger partial charge in [0.25, 0.3) is 5.91 Å². The van der Waals surface area contributed by atoms with E-state index in [-0.39, 0.29) is 11.9 Å². The molecule has 142 valence electrons. The molecule has 0 saturated carbocycles. The summed E-state index contributed by atoms with van der Waals surface area (Å²) in [7, 11) is 0. The molecule has 6 nitrogen and oxygen atoms in total. The number of fused-ring (bicyclic) bond motifs is 1. The third-order valence-corrected chi connectivity index (χ3v) is 4.59. The number of carbonyl (C=O) groups is 1. The number of ether oxygens (including phenoxy) is 1. The molecular formula is C22H22N4O2. The van der Waals surface area contributed by atoms with Crippen molar-refractivity contribution in [2.45, 2.75) is 19.9 Å². The first-order valence-electron chi connectivity index (χ1n) is 9.31. The van der Waals surface area contributed by atoms with E-state index in [1.165, 1.54) is 0 Å². The third kappa shape index (κ3) is 3.62. The number of aromatic nitrogens is 3. The highest BCUT2D eigenvalue weighted by Crippen LogP contribution is 2.22. The van der Waals surface area contributed by atoms with Crippen LogP contribution in [0, 0.1) is 0 Å². The van der Waals surface area contributed by atoms with Crippen LogP contribution in [0.25, 0.3) is 22.2 Å². The van der Waals surface area contributed by atoms with E-state index in [4.69, 9.17) is 4.74 Å². The van der Waals surface area contributed by atoms with E-state index >= 15 is 0 Å². The molecule has 0 aliphatic rings. The highest BCUT2D eigenvalue weighted by molar-refractivity contribution is 5.98. The number of nitrogens with zero attached hydrogens (tertiary/aromatic N) is 1. The molecule has 1 unspecified atom stereocenters. The zero-order valence-electron chi connectivity index (χ0n) is 15.8. The fourth-order valence-electron chi connectivity index (χ4n) is 3.15. The normalized spacial score (nSPS) is 12.1. The molecule has 0 aliphatic heterocycles. The fraction of sp³-hybridized carbons (Fsp3) is 0.182. The predicted octanol–water partition coefficient (Wildman–Crippen LogP) is 4.45. The van der Waals surface area contributed by atoms with Crippen molar-refractivity contribution in [1.82, 2.24) is 20.3 Å². The van der Waals surface area contributed by atoms with Crippen LogP contribution in [0.3, 0.4) is 0 Å². The van der Waals surface area contributed by atoms with Gasteiger partial charge in [-0.05, 0) is 37.6 Å². The van der Waals surface area contributed by atoms with Crippen molar-refractivity contribution < 1.29 is 9.53 Å². The summed E-state index contributed by atoms with van der Waals surface area (Å²) >= 11 is 0. The summed E-state index contributed by atoms with van der Waals surface area (Å²) in [6.45, 7) is 4.45. The van der Waals surface area contributed by atoms with Crippen LogP contribution in [0.15, 0.2) is 60.8 Å². The standard InChI is InChI=1S/C22H22N4O2/c1-3-28-17-10-9-16-11-19(25-18(16)12-17)22(27)24-14(2)21-23-13-20(26-21)15-7-5-4-6-8-15/h4-14,25H,3H2,1-2H3,(H,23,26)(H,24,27). The molecule has 0 aliphatic carbocycles. The molecule has 0 fully saturated rings. The number of hydrogen-bond acceptors (Lipinski definition) is 3. The van der Waals surface area contributed by atoms with Crippen molar-refractivity contribution in [3.63, 3.8) is 0 Å². The van der Waals surface area contributed by atoms with E-state index in [2.05, 4.69) is 20.3 Å². The molecule has 2 aromatic heterocycles. The molecule has 4 rings (SSSR count). The number of nitrogens with one attached hydrogen (secondary N) is 3. The topological polar surface area (TPSA) is 82.8 Å². The lowest BCUT2D eigenvalue weighted by Gasteiger charge is -2.10. The van der Waals surface area contributed by atoms with Gasteiger partial charge in [-0.2, -0.15) is 0 Å². The van der Waals surface area contributed by atoms with Crippen LogP contribution in [0.5, 0.6) is 5.75 Å². The molecule has 28 heavy (non-hydrogen) atoms. The average Bonchev–Trinajstić information content (AvgIpc) is 3.36. The predicted molar refractivity (Wildman–Crippen MR) is 109 cm³/mol. The number of aromatic amines is 2. The second-order valence-electron chi connectivity index (χ2n) is 6.61. The van der Waals surface area contributed by atoms with E-state index in [1.807, 2.05) is 68.4 Å². The van der Waals surface area contributed by atoms with Crippen LogP contribution < -0.4 is 10.1 Å². The van der Waals surface area contributed by atoms with E-state index in [9.17, 15) is 4.79 Å². The van der Waals surface area contributed by atoms with Gasteiger partial charge in [-0.3, -0.25) is 4.79 Å². The molecule has 3 N–H and O–H groups in total. The number of amides is 1. The van der Waals surface area contributed by atoms with Gasteiger partial charge < -0.3 is 20.0 Å². The molecule has 1 amide bonds. The van der Waals surface area contributed by atoms with Crippen molar-refractivity contribution in [3.8, 4) is 17.0 Å². The Morgan fingerprint density at radius 2 is 1.96 bits per heavy atom. The van der Waals surface area contributed by atoms with E-state index in [1.54, 1.807) is 6.20 Å². The Hall–Kier alpha value is -3.54. The first-order chi connectivity index (χ1) is 13.6. The van der Waals surface area contributed by atoms with Crippen LogP contribution in [0.4, 0.5) is 0 Å². The van der Waals surface area contributed by atoms with Crippen LogP contribution in [-0.2, 0) is 0 Å². The Kier molecular flexibility index (Phi) is 4.85. The van der Waals surface area contributed by atoms with Crippen LogP contribution >= 0.6 is 0 Å². The lowest BCUT2D eigenvalue weighted by molar-refractivity contribution is 0.0934. The Balaban J connectivity index is 1.49. The largest absolute Gasteiger partial charge is 0.494 e. The molecule has 0 radical (unpaired) electrons. The van der Waals surface area contributed by atoms with Crippen LogP contribution in [0.2, 0.25) is 0 Å². The van der Waals surface area contributed by atoms with Gasteiger partial charge in [0.15, 0.2) is 0 Å². The van der Waals surface area contributed by atoms with Crippen molar-refractivity contribution in [2.24, 2.45) is 0 Å². The lowest BCUT2D eigenvalue weighted by Crippen LogP contribution is -2.27. The number of imidazole rings is 1. The highest BCUT2D eigenvalue weighted by Gasteiger charge is 2.16. The maximum absolute atomic E-state index is 12.7. The lowest BCUT2D eigenvalue weighted by atomic mass is 10.2. The Morgan fingerprint density at radius 3 is 2.75 bits per heavy atom. The van der Waals surface area contributed by atoms with E-state index < -0.39 is 0 Å². The SMILES string of the molecule is CCOc1ccc2cc(C(=O)NC(C)c3ncc(-c4ccccc4)[nH]3)[nH]c2c1. The van der Waals surface area contributed by atoms with Gasteiger partial charge in [0.2, 0.25) is 0 Å². The Bertz CT molecular complexity index is 1100. The summed E-state index contributed by atoms with van der Waals surface area (Å²) in [5, 5.41) is 3.95. The minimum absolute atomic E-state index is 0.181. The second-order valence-corrected chi connectivity index (χ2v) is 6.61. The summed E-state index contributed by atoms with van der Waals surface area (Å²) in [4.78, 5) is 23.5. The molecule has 2 aromatic carbocycles. The summed E-state index contributed by atoms with van der Waals surface area (Å²) in [6, 6.07) is 17.3. The number of hydrogen-bond donors (Lipinski definition) is 3. The zero-order chi connectivity index (χ0) is 19.5. The molecular weight excluding hydrogens is 352 g/mol. The molecule has 1 atom stereocenters. The Morgan fingerprint density at radius 1 is 1.14 bits per heavy atom. The maximum atomic E-state index is 12.7. The highest BCUT2D eigenvalue weighted by atomic mass is 16.5. The van der Waals surface area contributed by atoms with Gasteiger partial charge in [0, 0.05) is 17.0 Å². The van der Waals surface area contributed by atoms with E-state index in [0.717, 1.165) is 27.9 Å². The third-order valence-electron chi connectivity index (χ3n) is 4.59. The summed E-state index contributed by atoms with van der Waals surface area (Å²) in [5.74, 6) is 1.31. The maximum Gasteiger partial charge on any atom is 0.268 e. The number of benzene rings is 2. The van der Waals surface area contributed by atoms with Gasteiger partial charge in [0.05, 0.1) is 24.5 Å². The summed E-state index contributed by atoms with van der Waals surface area (Å²) < 4.78 is 5.51. The molecule has 0 bridgehead atoms. The first-order valence-corrected chi connectivity index (χ1v) is 9.31. The summed E-state index contributed by atoms with van der Waals surface area (Å²) in [6.07, 6.45) is 1.78. The van der Waals surface area contributed by atoms with Gasteiger partial charge in [-0.15, -0.1) is 0 Å². The minimum atomic E-state index is -0.254. The van der Waals surface area contributed by atoms with Gasteiger partial charge in [0.1, 0.15) is 17.3 Å². The number of H-pyrrole nitrogens is 2. The first kappa shape index (κ1) is 17.9. The molecule has 2 heterocycles. The van der Waals surface area contributed by atoms with Crippen molar-refractivity contribution >= 4 is 16.8 Å². The minimum Gasteiger partial charge on any atom is -0.494 e. The average molecular weight is 374 g/mol. The van der Waals surface area contributed by atoms with Crippen LogP contribution in [0.1, 0.15) is 36.2 Å². The van der Waals surface area contributed by atoms with Crippen molar-refractivity contribution in [2.75, 3.05) is 6.61 Å². The quantitative estimate of drug-likeness (QED) is 0.466.